The maximum Gasteiger partial charge on any atom is 0.416 e. The van der Waals surface area contributed by atoms with Gasteiger partial charge in [-0.3, -0.25) is 4.79 Å². The Bertz CT molecular complexity index is 464. The van der Waals surface area contributed by atoms with E-state index in [-0.39, 0.29) is 12.2 Å². The van der Waals surface area contributed by atoms with Gasteiger partial charge >= 0.3 is 12.1 Å². The van der Waals surface area contributed by atoms with Crippen LogP contribution in [0.2, 0.25) is 0 Å². The fourth-order valence-electron chi connectivity index (χ4n) is 1.25. The van der Waals surface area contributed by atoms with Crippen molar-refractivity contribution in [3.8, 4) is 0 Å². The largest absolute Gasteiger partial charge is 0.468 e. The third-order valence-corrected chi connectivity index (χ3v) is 2.92. The van der Waals surface area contributed by atoms with E-state index in [0.29, 0.717) is 18.2 Å². The minimum atomic E-state index is -4.56. The van der Waals surface area contributed by atoms with E-state index in [9.17, 15) is 22.4 Å². The van der Waals surface area contributed by atoms with Gasteiger partial charge in [-0.2, -0.15) is 13.2 Å². The molecule has 0 amide bonds. The zero-order valence-corrected chi connectivity index (χ0v) is 11.3. The van der Waals surface area contributed by atoms with Crippen molar-refractivity contribution in [1.82, 2.24) is 0 Å². The fourth-order valence-corrected chi connectivity index (χ4v) is 1.60. The third-order valence-electron chi connectivity index (χ3n) is 2.22. The highest BCUT2D eigenvalue weighted by atomic mass is 79.9. The van der Waals surface area contributed by atoms with E-state index >= 15 is 0 Å². The predicted molar refractivity (Wildman–Crippen MR) is 64.6 cm³/mol. The molecule has 106 valence electrons. The van der Waals surface area contributed by atoms with Crippen LogP contribution >= 0.6 is 15.9 Å². The van der Waals surface area contributed by atoms with Crippen LogP contribution in [-0.2, 0) is 15.7 Å². The molecular formula is C11H10BrF4NO2. The first-order chi connectivity index (χ1) is 8.75. The van der Waals surface area contributed by atoms with Gasteiger partial charge < -0.3 is 10.1 Å². The Morgan fingerprint density at radius 3 is 2.63 bits per heavy atom. The summed E-state index contributed by atoms with van der Waals surface area (Å²) in [6, 6.07) is 2.01. The van der Waals surface area contributed by atoms with E-state index in [1.165, 1.54) is 7.11 Å². The van der Waals surface area contributed by atoms with Crippen LogP contribution < -0.4 is 5.32 Å². The summed E-state index contributed by atoms with van der Waals surface area (Å²) < 4.78 is 55.1. The molecule has 0 heterocycles. The lowest BCUT2D eigenvalue weighted by Crippen LogP contribution is -2.24. The van der Waals surface area contributed by atoms with Gasteiger partial charge in [-0.25, -0.2) is 4.39 Å². The summed E-state index contributed by atoms with van der Waals surface area (Å²) in [6.45, 7) is -0.106. The number of esters is 1. The van der Waals surface area contributed by atoms with Crippen molar-refractivity contribution in [2.24, 2.45) is 0 Å². The molecule has 0 aliphatic heterocycles. The molecule has 1 aromatic carbocycles. The number of carbonyl (C=O) groups excluding carboxylic acids is 1. The van der Waals surface area contributed by atoms with Gasteiger partial charge in [0.1, 0.15) is 10.6 Å². The van der Waals surface area contributed by atoms with Crippen LogP contribution in [-0.4, -0.2) is 24.5 Å². The highest BCUT2D eigenvalue weighted by Gasteiger charge is 2.31. The van der Waals surface area contributed by atoms with Gasteiger partial charge in [0, 0.05) is 6.54 Å². The molecular weight excluding hydrogens is 334 g/mol. The first-order valence-electron chi connectivity index (χ1n) is 5.08. The first-order valence-corrected chi connectivity index (χ1v) is 5.99. The lowest BCUT2D eigenvalue weighted by molar-refractivity contribution is -0.139. The Balaban J connectivity index is 2.81. The number of alkyl halides is 4. The van der Waals surface area contributed by atoms with Crippen molar-refractivity contribution >= 4 is 27.6 Å². The zero-order valence-electron chi connectivity index (χ0n) is 9.72. The molecule has 0 spiro atoms. The van der Waals surface area contributed by atoms with E-state index in [4.69, 9.17) is 0 Å². The van der Waals surface area contributed by atoms with Gasteiger partial charge in [0.2, 0.25) is 0 Å². The van der Waals surface area contributed by atoms with E-state index < -0.39 is 28.4 Å². The van der Waals surface area contributed by atoms with Crippen molar-refractivity contribution in [2.75, 3.05) is 19.0 Å². The number of hydrogen-bond donors (Lipinski definition) is 1. The molecule has 0 fully saturated rings. The van der Waals surface area contributed by atoms with Crippen molar-refractivity contribution in [1.29, 1.82) is 0 Å². The Hall–Kier alpha value is -1.31. The molecule has 19 heavy (non-hydrogen) atoms. The van der Waals surface area contributed by atoms with Crippen molar-refractivity contribution in [2.45, 2.75) is 11.0 Å². The summed E-state index contributed by atoms with van der Waals surface area (Å²) in [6.07, 6.45) is -4.56. The fraction of sp³-hybridized carbons (Fsp3) is 0.364. The van der Waals surface area contributed by atoms with Crippen LogP contribution in [0.5, 0.6) is 0 Å². The smallest absolute Gasteiger partial charge is 0.416 e. The van der Waals surface area contributed by atoms with Crippen LogP contribution in [0.15, 0.2) is 18.2 Å². The Labute approximate surface area is 115 Å². The summed E-state index contributed by atoms with van der Waals surface area (Å²) in [5.41, 5.74) is -1.30. The number of anilines is 1. The topological polar surface area (TPSA) is 38.3 Å². The summed E-state index contributed by atoms with van der Waals surface area (Å²) in [5.74, 6) is -1.45. The Kier molecular flexibility index (Phi) is 5.16. The van der Waals surface area contributed by atoms with Gasteiger partial charge in [-0.15, -0.1) is 0 Å². The van der Waals surface area contributed by atoms with Crippen molar-refractivity contribution in [3.05, 3.63) is 29.6 Å². The van der Waals surface area contributed by atoms with Crippen molar-refractivity contribution < 1.29 is 27.1 Å². The normalized spacial score (nSPS) is 12.9. The molecule has 1 atom stereocenters. The van der Waals surface area contributed by atoms with Gasteiger partial charge in [-0.1, -0.05) is 15.9 Å². The molecule has 3 nitrogen and oxygen atoms in total. The van der Waals surface area contributed by atoms with Crippen LogP contribution in [0.25, 0.3) is 0 Å². The van der Waals surface area contributed by atoms with Gasteiger partial charge in [0.25, 0.3) is 0 Å². The van der Waals surface area contributed by atoms with E-state index in [1.54, 1.807) is 0 Å². The number of methoxy groups -OCH3 is 1. The van der Waals surface area contributed by atoms with Crippen LogP contribution in [0, 0.1) is 5.82 Å². The molecule has 1 aromatic rings. The summed E-state index contributed by atoms with van der Waals surface area (Å²) in [7, 11) is 1.17. The molecule has 0 bridgehead atoms. The van der Waals surface area contributed by atoms with Crippen LogP contribution in [0.4, 0.5) is 23.2 Å². The average molecular weight is 344 g/mol. The Morgan fingerprint density at radius 1 is 1.47 bits per heavy atom. The van der Waals surface area contributed by atoms with E-state index in [1.807, 2.05) is 0 Å². The highest BCUT2D eigenvalue weighted by Crippen LogP contribution is 2.31. The lowest BCUT2D eigenvalue weighted by atomic mass is 10.2. The quantitative estimate of drug-likeness (QED) is 0.518. The molecule has 0 aromatic heterocycles. The molecule has 0 saturated heterocycles. The molecule has 1 N–H and O–H groups in total. The second-order valence-corrected chi connectivity index (χ2v) is 4.67. The second kappa shape index (κ2) is 6.23. The number of nitrogens with one attached hydrogen (secondary N) is 1. The number of hydrogen-bond acceptors (Lipinski definition) is 3. The van der Waals surface area contributed by atoms with Gasteiger partial charge in [0.05, 0.1) is 18.4 Å². The summed E-state index contributed by atoms with van der Waals surface area (Å²) in [5, 5.41) is 2.42. The minimum absolute atomic E-state index is 0.106. The first kappa shape index (κ1) is 15.7. The number of ether oxygens (including phenoxy) is 1. The summed E-state index contributed by atoms with van der Waals surface area (Å²) >= 11 is 2.96. The summed E-state index contributed by atoms with van der Waals surface area (Å²) in [4.78, 5) is 10.3. The third kappa shape index (κ3) is 4.38. The maximum absolute atomic E-state index is 13.3. The average Bonchev–Trinajstić information content (AvgIpc) is 2.35. The molecule has 1 rings (SSSR count). The minimum Gasteiger partial charge on any atom is -0.468 e. The molecule has 0 radical (unpaired) electrons. The highest BCUT2D eigenvalue weighted by molar-refractivity contribution is 9.10. The van der Waals surface area contributed by atoms with Crippen molar-refractivity contribution in [3.63, 3.8) is 0 Å². The monoisotopic (exact) mass is 343 g/mol. The molecule has 8 heteroatoms. The van der Waals surface area contributed by atoms with Gasteiger partial charge in [-0.05, 0) is 18.2 Å². The second-order valence-electron chi connectivity index (χ2n) is 3.56. The zero-order chi connectivity index (χ0) is 14.6. The van der Waals surface area contributed by atoms with Gasteiger partial charge in [0.15, 0.2) is 0 Å². The van der Waals surface area contributed by atoms with Crippen LogP contribution in [0.1, 0.15) is 5.56 Å². The SMILES string of the molecule is COC(=O)C(Br)CNc1cc(C(F)(F)F)ccc1F. The number of halogens is 5. The number of benzene rings is 1. The molecule has 0 aliphatic rings. The van der Waals surface area contributed by atoms with E-state index in [2.05, 4.69) is 26.0 Å². The van der Waals surface area contributed by atoms with Crippen LogP contribution in [0.3, 0.4) is 0 Å². The number of carbonyl (C=O) groups is 1. The molecule has 0 saturated carbocycles. The predicted octanol–water partition coefficient (Wildman–Crippen LogP) is 3.19. The Morgan fingerprint density at radius 2 is 2.11 bits per heavy atom. The maximum atomic E-state index is 13.3. The van der Waals surface area contributed by atoms with E-state index in [0.717, 1.165) is 0 Å². The molecule has 0 aliphatic carbocycles. The molecule has 1 unspecified atom stereocenters. The lowest BCUT2D eigenvalue weighted by Gasteiger charge is -2.13. The number of rotatable bonds is 4. The standard InChI is InChI=1S/C11H10BrF4NO2/c1-19-10(18)7(12)5-17-9-4-6(11(14,15)16)2-3-8(9)13/h2-4,7,17H,5H2,1H3.